The molecular weight excluding hydrogens is 278 g/mol. The second-order valence-electron chi connectivity index (χ2n) is 5.25. The fraction of sp³-hybridized carbons (Fsp3) is 0.533. The van der Waals surface area contributed by atoms with Crippen LogP contribution in [0.2, 0.25) is 5.02 Å². The number of β-amino-alcohol motifs (C(OH)–C–C–N with tert-alkyl or cyclic N) is 1. The first-order valence-corrected chi connectivity index (χ1v) is 7.29. The van der Waals surface area contributed by atoms with Crippen molar-refractivity contribution in [1.29, 1.82) is 0 Å². The zero-order valence-electron chi connectivity index (χ0n) is 11.6. The summed E-state index contributed by atoms with van der Waals surface area (Å²) in [5, 5.41) is 10.6. The van der Waals surface area contributed by atoms with Crippen molar-refractivity contribution in [2.24, 2.45) is 0 Å². The van der Waals surface area contributed by atoms with Gasteiger partial charge in [-0.05, 0) is 18.6 Å². The highest BCUT2D eigenvalue weighted by atomic mass is 35.5. The largest absolute Gasteiger partial charge is 0.491 e. The molecule has 5 heteroatoms. The molecule has 1 amide bonds. The van der Waals surface area contributed by atoms with E-state index < -0.39 is 5.60 Å². The van der Waals surface area contributed by atoms with Crippen LogP contribution in [0.15, 0.2) is 24.3 Å². The van der Waals surface area contributed by atoms with E-state index in [1.165, 1.54) is 0 Å². The number of amides is 1. The zero-order valence-corrected chi connectivity index (χ0v) is 12.4. The van der Waals surface area contributed by atoms with Gasteiger partial charge in [0, 0.05) is 0 Å². The smallest absolute Gasteiger partial charge is 0.226 e. The number of hydrogen-bond donors (Lipinski definition) is 1. The molecule has 2 rings (SSSR count). The SMILES string of the molecule is CCCC1(O)CN(C(=O)CCOc2ccccc2Cl)C1. The van der Waals surface area contributed by atoms with E-state index in [1.54, 1.807) is 17.0 Å². The van der Waals surface area contributed by atoms with Gasteiger partial charge in [0.2, 0.25) is 5.91 Å². The average Bonchev–Trinajstić information content (AvgIpc) is 2.38. The molecule has 20 heavy (non-hydrogen) atoms. The third-order valence-corrected chi connectivity index (χ3v) is 3.76. The molecule has 1 aliphatic heterocycles. The number of carbonyl (C=O) groups excluding carboxylic acids is 1. The molecular formula is C15H20ClNO3. The van der Waals surface area contributed by atoms with Crippen LogP contribution in [0.3, 0.4) is 0 Å². The highest BCUT2D eigenvalue weighted by molar-refractivity contribution is 6.32. The van der Waals surface area contributed by atoms with Gasteiger partial charge in [0.25, 0.3) is 0 Å². The van der Waals surface area contributed by atoms with Gasteiger partial charge in [0.15, 0.2) is 0 Å². The first-order chi connectivity index (χ1) is 9.54. The second-order valence-corrected chi connectivity index (χ2v) is 5.66. The molecule has 1 N–H and O–H groups in total. The van der Waals surface area contributed by atoms with E-state index in [0.29, 0.717) is 36.9 Å². The van der Waals surface area contributed by atoms with Crippen LogP contribution in [-0.4, -0.2) is 41.2 Å². The summed E-state index contributed by atoms with van der Waals surface area (Å²) in [6, 6.07) is 7.19. The third-order valence-electron chi connectivity index (χ3n) is 3.45. The normalized spacial score (nSPS) is 16.6. The molecule has 0 aromatic heterocycles. The lowest BCUT2D eigenvalue weighted by Gasteiger charge is -2.46. The average molecular weight is 298 g/mol. The van der Waals surface area contributed by atoms with Crippen molar-refractivity contribution in [3.8, 4) is 5.75 Å². The minimum atomic E-state index is -0.673. The number of ether oxygens (including phenoxy) is 1. The second kappa shape index (κ2) is 6.46. The van der Waals surface area contributed by atoms with Crippen LogP contribution >= 0.6 is 11.6 Å². The highest BCUT2D eigenvalue weighted by Gasteiger charge is 2.42. The van der Waals surface area contributed by atoms with Crippen molar-refractivity contribution in [2.75, 3.05) is 19.7 Å². The van der Waals surface area contributed by atoms with Gasteiger partial charge in [-0.1, -0.05) is 37.1 Å². The summed E-state index contributed by atoms with van der Waals surface area (Å²) in [6.45, 7) is 3.20. The predicted molar refractivity (Wildman–Crippen MR) is 78.0 cm³/mol. The summed E-state index contributed by atoms with van der Waals surface area (Å²) in [5.74, 6) is 0.603. The Hall–Kier alpha value is -1.26. The summed E-state index contributed by atoms with van der Waals surface area (Å²) in [4.78, 5) is 13.6. The van der Waals surface area contributed by atoms with Crippen LogP contribution in [0.4, 0.5) is 0 Å². The Bertz CT molecular complexity index is 472. The maximum absolute atomic E-state index is 11.9. The quantitative estimate of drug-likeness (QED) is 0.877. The Morgan fingerprint density at radius 1 is 1.45 bits per heavy atom. The summed E-state index contributed by atoms with van der Waals surface area (Å²) in [6.07, 6.45) is 1.97. The van der Waals surface area contributed by atoms with Gasteiger partial charge in [-0.25, -0.2) is 0 Å². The molecule has 1 fully saturated rings. The van der Waals surface area contributed by atoms with Crippen molar-refractivity contribution < 1.29 is 14.6 Å². The molecule has 0 bridgehead atoms. The number of likely N-dealkylation sites (tertiary alicyclic amines) is 1. The summed E-state index contributed by atoms with van der Waals surface area (Å²) < 4.78 is 5.48. The maximum Gasteiger partial charge on any atom is 0.226 e. The standard InChI is InChI=1S/C15H20ClNO3/c1-2-8-15(19)10-17(11-15)14(18)7-9-20-13-6-4-3-5-12(13)16/h3-6,19H,2,7-11H2,1H3. The number of halogens is 1. The number of carbonyl (C=O) groups is 1. The van der Waals surface area contributed by atoms with Gasteiger partial charge < -0.3 is 14.7 Å². The Morgan fingerprint density at radius 2 is 2.15 bits per heavy atom. The van der Waals surface area contributed by atoms with Crippen molar-refractivity contribution in [2.45, 2.75) is 31.8 Å². The lowest BCUT2D eigenvalue weighted by Crippen LogP contribution is -2.63. The van der Waals surface area contributed by atoms with Gasteiger partial charge in [-0.3, -0.25) is 4.79 Å². The molecule has 0 radical (unpaired) electrons. The molecule has 1 heterocycles. The molecule has 110 valence electrons. The van der Waals surface area contributed by atoms with Gasteiger partial charge in [0.05, 0.1) is 36.7 Å². The van der Waals surface area contributed by atoms with E-state index in [4.69, 9.17) is 16.3 Å². The lowest BCUT2D eigenvalue weighted by molar-refractivity contribution is -0.157. The topological polar surface area (TPSA) is 49.8 Å². The van der Waals surface area contributed by atoms with E-state index >= 15 is 0 Å². The number of aliphatic hydroxyl groups is 1. The van der Waals surface area contributed by atoms with Crippen molar-refractivity contribution in [3.05, 3.63) is 29.3 Å². The van der Waals surface area contributed by atoms with Gasteiger partial charge >= 0.3 is 0 Å². The number of benzene rings is 1. The monoisotopic (exact) mass is 297 g/mol. The van der Waals surface area contributed by atoms with Crippen LogP contribution in [-0.2, 0) is 4.79 Å². The van der Waals surface area contributed by atoms with Crippen LogP contribution in [0, 0.1) is 0 Å². The van der Waals surface area contributed by atoms with E-state index in [2.05, 4.69) is 0 Å². The number of rotatable bonds is 6. The first-order valence-electron chi connectivity index (χ1n) is 6.91. The van der Waals surface area contributed by atoms with E-state index in [-0.39, 0.29) is 5.91 Å². The number of hydrogen-bond acceptors (Lipinski definition) is 3. The molecule has 4 nitrogen and oxygen atoms in total. The van der Waals surface area contributed by atoms with Gasteiger partial charge in [-0.2, -0.15) is 0 Å². The summed E-state index contributed by atoms with van der Waals surface area (Å²) in [7, 11) is 0. The highest BCUT2D eigenvalue weighted by Crippen LogP contribution is 2.27. The molecule has 0 aliphatic carbocycles. The Kier molecular flexibility index (Phi) is 4.89. The van der Waals surface area contributed by atoms with Crippen molar-refractivity contribution >= 4 is 17.5 Å². The van der Waals surface area contributed by atoms with Crippen LogP contribution < -0.4 is 4.74 Å². The minimum absolute atomic E-state index is 0.0119. The summed E-state index contributed by atoms with van der Waals surface area (Å²) in [5.41, 5.74) is -0.673. The molecule has 1 saturated heterocycles. The van der Waals surface area contributed by atoms with E-state index in [9.17, 15) is 9.90 Å². The maximum atomic E-state index is 11.9. The molecule has 0 saturated carbocycles. The van der Waals surface area contributed by atoms with Gasteiger partial charge in [0.1, 0.15) is 5.75 Å². The number of nitrogens with zero attached hydrogens (tertiary/aromatic N) is 1. The fourth-order valence-corrected chi connectivity index (χ4v) is 2.62. The van der Waals surface area contributed by atoms with Crippen molar-refractivity contribution in [1.82, 2.24) is 4.90 Å². The van der Waals surface area contributed by atoms with Gasteiger partial charge in [-0.15, -0.1) is 0 Å². The Morgan fingerprint density at radius 3 is 2.80 bits per heavy atom. The lowest BCUT2D eigenvalue weighted by atomic mass is 9.89. The summed E-state index contributed by atoms with van der Waals surface area (Å²) >= 11 is 5.96. The first kappa shape index (κ1) is 15.1. The molecule has 1 aromatic carbocycles. The fourth-order valence-electron chi connectivity index (χ4n) is 2.43. The molecule has 1 aliphatic rings. The Labute approximate surface area is 124 Å². The van der Waals surface area contributed by atoms with E-state index in [1.807, 2.05) is 19.1 Å². The molecule has 0 spiro atoms. The predicted octanol–water partition coefficient (Wildman–Crippen LogP) is 2.48. The van der Waals surface area contributed by atoms with Crippen LogP contribution in [0.5, 0.6) is 5.75 Å². The van der Waals surface area contributed by atoms with Crippen LogP contribution in [0.25, 0.3) is 0 Å². The third kappa shape index (κ3) is 3.64. The molecule has 0 atom stereocenters. The zero-order chi connectivity index (χ0) is 14.6. The molecule has 1 aromatic rings. The minimum Gasteiger partial charge on any atom is -0.491 e. The molecule has 0 unspecified atom stereocenters. The van der Waals surface area contributed by atoms with E-state index in [0.717, 1.165) is 12.8 Å². The Balaban J connectivity index is 1.71. The van der Waals surface area contributed by atoms with Crippen molar-refractivity contribution in [3.63, 3.8) is 0 Å². The van der Waals surface area contributed by atoms with Crippen LogP contribution in [0.1, 0.15) is 26.2 Å². The number of para-hydroxylation sites is 1.